The number of nitrogens with two attached hydrogens (primary N) is 2. The highest BCUT2D eigenvalue weighted by Gasteiger charge is 2.38. The van der Waals surface area contributed by atoms with Gasteiger partial charge in [-0.3, -0.25) is 0 Å². The second kappa shape index (κ2) is 5.52. The SMILES string of the molecule is COC(=O)C(N=C(N)N)C1c2ccccc2-c2ccccc21. The fourth-order valence-electron chi connectivity index (χ4n) is 3.08. The average Bonchev–Trinajstić information content (AvgIpc) is 2.86. The lowest BCUT2D eigenvalue weighted by Crippen LogP contribution is -2.33. The molecule has 1 atom stereocenters. The number of fused-ring (bicyclic) bond motifs is 3. The maximum Gasteiger partial charge on any atom is 0.331 e. The van der Waals surface area contributed by atoms with Gasteiger partial charge in [-0.1, -0.05) is 48.5 Å². The Morgan fingerprint density at radius 1 is 1.05 bits per heavy atom. The first kappa shape index (κ1) is 14.1. The first-order valence-corrected chi connectivity index (χ1v) is 6.98. The molecule has 0 radical (unpaired) electrons. The fourth-order valence-corrected chi connectivity index (χ4v) is 3.08. The molecule has 0 aromatic heterocycles. The van der Waals surface area contributed by atoms with E-state index < -0.39 is 12.0 Å². The van der Waals surface area contributed by atoms with E-state index in [0.717, 1.165) is 22.3 Å². The lowest BCUT2D eigenvalue weighted by atomic mass is 9.89. The maximum atomic E-state index is 12.2. The molecule has 0 heterocycles. The van der Waals surface area contributed by atoms with Crippen LogP contribution in [-0.2, 0) is 9.53 Å². The Morgan fingerprint density at radius 3 is 2.00 bits per heavy atom. The van der Waals surface area contributed by atoms with E-state index in [-0.39, 0.29) is 11.9 Å². The molecule has 0 saturated heterocycles. The monoisotopic (exact) mass is 295 g/mol. The van der Waals surface area contributed by atoms with Crippen LogP contribution in [0.3, 0.4) is 0 Å². The van der Waals surface area contributed by atoms with Gasteiger partial charge in [0.2, 0.25) is 0 Å². The molecule has 1 aliphatic carbocycles. The van der Waals surface area contributed by atoms with Crippen molar-refractivity contribution >= 4 is 11.9 Å². The zero-order valence-corrected chi connectivity index (χ0v) is 12.2. The molecular formula is C17H17N3O2. The van der Waals surface area contributed by atoms with E-state index in [4.69, 9.17) is 16.2 Å². The summed E-state index contributed by atoms with van der Waals surface area (Å²) >= 11 is 0. The van der Waals surface area contributed by atoms with E-state index in [0.29, 0.717) is 0 Å². The minimum atomic E-state index is -0.792. The Balaban J connectivity index is 2.20. The first-order valence-electron chi connectivity index (χ1n) is 6.98. The van der Waals surface area contributed by atoms with E-state index in [9.17, 15) is 4.79 Å². The number of aliphatic imine (C=N–C) groups is 1. The number of ether oxygens (including phenoxy) is 1. The van der Waals surface area contributed by atoms with Gasteiger partial charge in [0.25, 0.3) is 0 Å². The van der Waals surface area contributed by atoms with Crippen LogP contribution in [0.5, 0.6) is 0 Å². The maximum absolute atomic E-state index is 12.2. The quantitative estimate of drug-likeness (QED) is 0.511. The van der Waals surface area contributed by atoms with Gasteiger partial charge >= 0.3 is 5.97 Å². The molecule has 2 aromatic carbocycles. The third kappa shape index (κ3) is 2.20. The third-order valence-electron chi connectivity index (χ3n) is 3.93. The highest BCUT2D eigenvalue weighted by molar-refractivity contribution is 5.88. The van der Waals surface area contributed by atoms with E-state index in [2.05, 4.69) is 4.99 Å². The molecule has 0 aliphatic heterocycles. The van der Waals surface area contributed by atoms with Crippen LogP contribution in [0.25, 0.3) is 11.1 Å². The summed E-state index contributed by atoms with van der Waals surface area (Å²) in [5.74, 6) is -0.830. The van der Waals surface area contributed by atoms with Crippen LogP contribution in [-0.4, -0.2) is 25.1 Å². The Bertz CT molecular complexity index is 706. The third-order valence-corrected chi connectivity index (χ3v) is 3.93. The van der Waals surface area contributed by atoms with Crippen molar-refractivity contribution in [3.63, 3.8) is 0 Å². The van der Waals surface area contributed by atoms with Crippen LogP contribution in [0.15, 0.2) is 53.5 Å². The Labute approximate surface area is 128 Å². The van der Waals surface area contributed by atoms with Gasteiger partial charge in [-0.05, 0) is 22.3 Å². The van der Waals surface area contributed by atoms with E-state index in [1.807, 2.05) is 48.5 Å². The number of nitrogens with zero attached hydrogens (tertiary/aromatic N) is 1. The molecule has 0 fully saturated rings. The molecule has 3 rings (SSSR count). The van der Waals surface area contributed by atoms with Gasteiger partial charge in [-0.2, -0.15) is 0 Å². The van der Waals surface area contributed by atoms with Gasteiger partial charge in [-0.15, -0.1) is 0 Å². The normalized spacial score (nSPS) is 13.9. The number of guanidine groups is 1. The highest BCUT2D eigenvalue weighted by Crippen LogP contribution is 2.46. The van der Waals surface area contributed by atoms with Crippen LogP contribution < -0.4 is 11.5 Å². The zero-order valence-electron chi connectivity index (χ0n) is 12.2. The van der Waals surface area contributed by atoms with Crippen molar-refractivity contribution in [2.45, 2.75) is 12.0 Å². The average molecular weight is 295 g/mol. The second-order valence-electron chi connectivity index (χ2n) is 5.17. The smallest absolute Gasteiger partial charge is 0.331 e. The van der Waals surface area contributed by atoms with Crippen molar-refractivity contribution in [3.05, 3.63) is 59.7 Å². The Morgan fingerprint density at radius 2 is 1.55 bits per heavy atom. The van der Waals surface area contributed by atoms with Crippen LogP contribution in [0.4, 0.5) is 0 Å². The molecule has 22 heavy (non-hydrogen) atoms. The van der Waals surface area contributed by atoms with Crippen molar-refractivity contribution in [2.24, 2.45) is 16.5 Å². The van der Waals surface area contributed by atoms with Gasteiger partial charge in [0.1, 0.15) is 0 Å². The predicted octanol–water partition coefficient (Wildman–Crippen LogP) is 1.61. The summed E-state index contributed by atoms with van der Waals surface area (Å²) in [6, 6.07) is 15.1. The van der Waals surface area contributed by atoms with Gasteiger partial charge in [-0.25, -0.2) is 9.79 Å². The van der Waals surface area contributed by atoms with Crippen LogP contribution >= 0.6 is 0 Å². The number of carbonyl (C=O) groups excluding carboxylic acids is 1. The number of rotatable bonds is 3. The number of hydrogen-bond donors (Lipinski definition) is 2. The molecule has 112 valence electrons. The Hall–Kier alpha value is -2.82. The number of carbonyl (C=O) groups is 1. The summed E-state index contributed by atoms with van der Waals surface area (Å²) in [6.45, 7) is 0. The summed E-state index contributed by atoms with van der Waals surface area (Å²) in [6.07, 6.45) is 0. The van der Waals surface area contributed by atoms with Gasteiger partial charge in [0.05, 0.1) is 7.11 Å². The zero-order chi connectivity index (χ0) is 15.7. The van der Waals surface area contributed by atoms with Crippen LogP contribution in [0.2, 0.25) is 0 Å². The summed E-state index contributed by atoms with van der Waals surface area (Å²) < 4.78 is 4.90. The summed E-state index contributed by atoms with van der Waals surface area (Å²) in [5, 5.41) is 0. The van der Waals surface area contributed by atoms with E-state index in [1.54, 1.807) is 0 Å². The topological polar surface area (TPSA) is 90.7 Å². The second-order valence-corrected chi connectivity index (χ2v) is 5.17. The van der Waals surface area contributed by atoms with Gasteiger partial charge in [0, 0.05) is 5.92 Å². The molecule has 2 aromatic rings. The largest absolute Gasteiger partial charge is 0.467 e. The summed E-state index contributed by atoms with van der Waals surface area (Å²) in [7, 11) is 1.34. The minimum Gasteiger partial charge on any atom is -0.467 e. The molecule has 0 amide bonds. The molecule has 1 aliphatic rings. The minimum absolute atomic E-state index is 0.128. The summed E-state index contributed by atoms with van der Waals surface area (Å²) in [5.41, 5.74) is 15.3. The molecule has 0 saturated carbocycles. The Kier molecular flexibility index (Phi) is 3.55. The van der Waals surface area contributed by atoms with Crippen LogP contribution in [0, 0.1) is 0 Å². The predicted molar refractivity (Wildman–Crippen MR) is 85.3 cm³/mol. The van der Waals surface area contributed by atoms with Crippen molar-refractivity contribution in [3.8, 4) is 11.1 Å². The fraction of sp³-hybridized carbons (Fsp3) is 0.176. The van der Waals surface area contributed by atoms with Crippen molar-refractivity contribution in [1.82, 2.24) is 0 Å². The highest BCUT2D eigenvalue weighted by atomic mass is 16.5. The number of methoxy groups -OCH3 is 1. The lowest BCUT2D eigenvalue weighted by Gasteiger charge is -2.20. The molecule has 0 bridgehead atoms. The van der Waals surface area contributed by atoms with E-state index in [1.165, 1.54) is 7.11 Å². The molecule has 5 nitrogen and oxygen atoms in total. The number of benzene rings is 2. The number of hydrogen-bond acceptors (Lipinski definition) is 3. The molecule has 0 spiro atoms. The summed E-state index contributed by atoms with van der Waals surface area (Å²) in [4.78, 5) is 16.3. The van der Waals surface area contributed by atoms with E-state index >= 15 is 0 Å². The van der Waals surface area contributed by atoms with Gasteiger partial charge < -0.3 is 16.2 Å². The van der Waals surface area contributed by atoms with Crippen molar-refractivity contribution < 1.29 is 9.53 Å². The molecule has 4 N–H and O–H groups in total. The first-order chi connectivity index (χ1) is 10.6. The molecule has 1 unspecified atom stereocenters. The molecular weight excluding hydrogens is 278 g/mol. The molecule has 5 heteroatoms. The lowest BCUT2D eigenvalue weighted by molar-refractivity contribution is -0.142. The standard InChI is InChI=1S/C17H17N3O2/c1-22-16(21)15(20-17(18)19)14-12-8-4-2-6-10(12)11-7-3-5-9-13(11)14/h2-9,14-15H,1H3,(H4,18,19,20). The van der Waals surface area contributed by atoms with Gasteiger partial charge in [0.15, 0.2) is 12.0 Å². The van der Waals surface area contributed by atoms with Crippen LogP contribution in [0.1, 0.15) is 17.0 Å². The number of esters is 1. The van der Waals surface area contributed by atoms with Crippen molar-refractivity contribution in [1.29, 1.82) is 0 Å². The van der Waals surface area contributed by atoms with Crippen molar-refractivity contribution in [2.75, 3.05) is 7.11 Å².